The fourth-order valence-corrected chi connectivity index (χ4v) is 0.430. The number of ether oxygens (including phenoxy) is 1. The third-order valence-corrected chi connectivity index (χ3v) is 1.08. The van der Waals surface area contributed by atoms with Gasteiger partial charge in [0, 0.05) is 0 Å². The molecule has 0 spiro atoms. The van der Waals surface area contributed by atoms with Gasteiger partial charge in [-0.05, 0) is 19.9 Å². The molecule has 0 N–H and O–H groups in total. The van der Waals surface area contributed by atoms with Crippen LogP contribution in [0.3, 0.4) is 0 Å². The maximum Gasteiger partial charge on any atom is 0.164 e. The van der Waals surface area contributed by atoms with E-state index in [0.29, 0.717) is 0 Å². The number of hydrogen-bond acceptors (Lipinski definition) is 1. The van der Waals surface area contributed by atoms with Gasteiger partial charge in [0.25, 0.3) is 0 Å². The highest BCUT2D eigenvalue weighted by Gasteiger charge is 1.96. The lowest BCUT2D eigenvalue weighted by molar-refractivity contribution is 0.285. The number of allylic oxidation sites excluding steroid dienone is 4. The molecule has 1 nitrogen and oxygen atoms in total. The zero-order valence-electron chi connectivity index (χ0n) is 7.15. The second-order valence-electron chi connectivity index (χ2n) is 2.39. The molecule has 62 valence electrons. The SMILES string of the molecule is C=C(OC)/C(F)=C\C=C(C)C. The van der Waals surface area contributed by atoms with E-state index < -0.39 is 5.83 Å². The molecule has 0 radical (unpaired) electrons. The molecule has 0 heterocycles. The lowest BCUT2D eigenvalue weighted by Gasteiger charge is -1.98. The van der Waals surface area contributed by atoms with Crippen LogP contribution in [0.25, 0.3) is 0 Å². The van der Waals surface area contributed by atoms with Crippen LogP contribution >= 0.6 is 0 Å². The van der Waals surface area contributed by atoms with Crippen molar-refractivity contribution in [1.82, 2.24) is 0 Å². The Morgan fingerprint density at radius 3 is 2.27 bits per heavy atom. The summed E-state index contributed by atoms with van der Waals surface area (Å²) in [6.07, 6.45) is 3.00. The molecule has 2 heteroatoms. The lowest BCUT2D eigenvalue weighted by Crippen LogP contribution is -1.83. The van der Waals surface area contributed by atoms with Gasteiger partial charge in [0.15, 0.2) is 5.83 Å². The van der Waals surface area contributed by atoms with Crippen molar-refractivity contribution < 1.29 is 9.13 Å². The Labute approximate surface area is 66.9 Å². The largest absolute Gasteiger partial charge is 0.494 e. The number of halogens is 1. The number of rotatable bonds is 3. The Balaban J connectivity index is 4.23. The van der Waals surface area contributed by atoms with Crippen LogP contribution in [0.5, 0.6) is 0 Å². The van der Waals surface area contributed by atoms with Crippen LogP contribution in [0.15, 0.2) is 35.9 Å². The fourth-order valence-electron chi connectivity index (χ4n) is 0.430. The van der Waals surface area contributed by atoms with Crippen LogP contribution in [0.2, 0.25) is 0 Å². The molecule has 11 heavy (non-hydrogen) atoms. The highest BCUT2D eigenvalue weighted by Crippen LogP contribution is 2.09. The molecule has 0 fully saturated rings. The predicted octanol–water partition coefficient (Wildman–Crippen LogP) is 2.97. The molecule has 0 aliphatic rings. The maximum atomic E-state index is 12.7. The first kappa shape index (κ1) is 9.95. The molecule has 0 aliphatic heterocycles. The van der Waals surface area contributed by atoms with Crippen LogP contribution in [-0.2, 0) is 4.74 Å². The number of hydrogen-bond donors (Lipinski definition) is 0. The Kier molecular flexibility index (Phi) is 4.27. The minimum atomic E-state index is -0.436. The molecule has 0 saturated heterocycles. The first-order valence-electron chi connectivity index (χ1n) is 3.32. The highest BCUT2D eigenvalue weighted by molar-refractivity contribution is 5.22. The van der Waals surface area contributed by atoms with Crippen molar-refractivity contribution in [2.45, 2.75) is 13.8 Å². The van der Waals surface area contributed by atoms with Gasteiger partial charge in [-0.15, -0.1) is 0 Å². The highest BCUT2D eigenvalue weighted by atomic mass is 19.1. The summed E-state index contributed by atoms with van der Waals surface area (Å²) < 4.78 is 17.3. The molecule has 0 aromatic rings. The molecule has 0 amide bonds. The smallest absolute Gasteiger partial charge is 0.164 e. The van der Waals surface area contributed by atoms with Crippen molar-refractivity contribution in [2.24, 2.45) is 0 Å². The Bertz CT molecular complexity index is 198. The van der Waals surface area contributed by atoms with Gasteiger partial charge in [0.2, 0.25) is 0 Å². The molecule has 0 atom stereocenters. The summed E-state index contributed by atoms with van der Waals surface area (Å²) in [4.78, 5) is 0. The van der Waals surface area contributed by atoms with E-state index in [1.54, 1.807) is 6.08 Å². The molecule has 0 bridgehead atoms. The molecule has 0 aromatic carbocycles. The van der Waals surface area contributed by atoms with E-state index in [2.05, 4.69) is 11.3 Å². The zero-order chi connectivity index (χ0) is 8.85. The van der Waals surface area contributed by atoms with E-state index in [4.69, 9.17) is 0 Å². The van der Waals surface area contributed by atoms with E-state index in [9.17, 15) is 4.39 Å². The minimum absolute atomic E-state index is 0.0579. The van der Waals surface area contributed by atoms with Gasteiger partial charge in [-0.1, -0.05) is 18.2 Å². The summed E-state index contributed by atoms with van der Waals surface area (Å²) >= 11 is 0. The van der Waals surface area contributed by atoms with Crippen molar-refractivity contribution in [1.29, 1.82) is 0 Å². The first-order valence-corrected chi connectivity index (χ1v) is 3.32. The van der Waals surface area contributed by atoms with Crippen LogP contribution in [0.1, 0.15) is 13.8 Å². The summed E-state index contributed by atoms with van der Waals surface area (Å²) in [5.41, 5.74) is 1.03. The van der Waals surface area contributed by atoms with Crippen molar-refractivity contribution in [2.75, 3.05) is 7.11 Å². The summed E-state index contributed by atoms with van der Waals surface area (Å²) in [5.74, 6) is -0.379. The summed E-state index contributed by atoms with van der Waals surface area (Å²) in [6, 6.07) is 0. The Morgan fingerprint density at radius 1 is 1.36 bits per heavy atom. The quantitative estimate of drug-likeness (QED) is 0.451. The summed E-state index contributed by atoms with van der Waals surface area (Å²) in [7, 11) is 1.39. The maximum absolute atomic E-state index is 12.7. The molecule has 0 aliphatic carbocycles. The second-order valence-corrected chi connectivity index (χ2v) is 2.39. The lowest BCUT2D eigenvalue weighted by atomic mass is 10.3. The van der Waals surface area contributed by atoms with Gasteiger partial charge in [0.05, 0.1) is 7.11 Å². The predicted molar refractivity (Wildman–Crippen MR) is 44.8 cm³/mol. The Morgan fingerprint density at radius 2 is 1.91 bits per heavy atom. The van der Waals surface area contributed by atoms with Gasteiger partial charge in [-0.2, -0.15) is 0 Å². The van der Waals surface area contributed by atoms with E-state index >= 15 is 0 Å². The van der Waals surface area contributed by atoms with Crippen molar-refractivity contribution in [3.63, 3.8) is 0 Å². The summed E-state index contributed by atoms with van der Waals surface area (Å²) in [5, 5.41) is 0. The monoisotopic (exact) mass is 156 g/mol. The summed E-state index contributed by atoms with van der Waals surface area (Å²) in [6.45, 7) is 7.13. The van der Waals surface area contributed by atoms with Crippen molar-refractivity contribution >= 4 is 0 Å². The third kappa shape index (κ3) is 4.37. The van der Waals surface area contributed by atoms with Crippen molar-refractivity contribution in [3.05, 3.63) is 35.9 Å². The number of methoxy groups -OCH3 is 1. The van der Waals surface area contributed by atoms with Gasteiger partial charge in [0.1, 0.15) is 5.76 Å². The van der Waals surface area contributed by atoms with Gasteiger partial charge in [-0.25, -0.2) is 4.39 Å². The second kappa shape index (κ2) is 4.72. The minimum Gasteiger partial charge on any atom is -0.494 e. The van der Waals surface area contributed by atoms with Crippen molar-refractivity contribution in [3.8, 4) is 0 Å². The molecular weight excluding hydrogens is 143 g/mol. The molecular formula is C9H13FO. The normalized spacial score (nSPS) is 10.7. The van der Waals surface area contributed by atoms with E-state index in [1.807, 2.05) is 13.8 Å². The first-order chi connectivity index (χ1) is 5.07. The van der Waals surface area contributed by atoms with Crippen LogP contribution in [0.4, 0.5) is 4.39 Å². The van der Waals surface area contributed by atoms with E-state index in [1.165, 1.54) is 13.2 Å². The van der Waals surface area contributed by atoms with Gasteiger partial charge in [-0.3, -0.25) is 0 Å². The molecule has 0 aromatic heterocycles. The van der Waals surface area contributed by atoms with Crippen LogP contribution in [0, 0.1) is 0 Å². The molecule has 0 saturated carbocycles. The molecule has 0 unspecified atom stereocenters. The van der Waals surface area contributed by atoms with Gasteiger partial charge >= 0.3 is 0 Å². The molecule has 0 rings (SSSR count). The fraction of sp³-hybridized carbons (Fsp3) is 0.333. The van der Waals surface area contributed by atoms with E-state index in [-0.39, 0.29) is 5.76 Å². The van der Waals surface area contributed by atoms with Crippen LogP contribution < -0.4 is 0 Å². The zero-order valence-corrected chi connectivity index (χ0v) is 7.15. The van der Waals surface area contributed by atoms with E-state index in [0.717, 1.165) is 5.57 Å². The average Bonchev–Trinajstić information content (AvgIpc) is 1.98. The Hall–Kier alpha value is -1.05. The topological polar surface area (TPSA) is 9.23 Å². The van der Waals surface area contributed by atoms with Gasteiger partial charge < -0.3 is 4.74 Å². The van der Waals surface area contributed by atoms with Crippen LogP contribution in [-0.4, -0.2) is 7.11 Å². The standard InChI is InChI=1S/C9H13FO/c1-7(2)5-6-9(10)8(3)11-4/h5-6H,3H2,1-2,4H3/b9-6+. The third-order valence-electron chi connectivity index (χ3n) is 1.08. The average molecular weight is 156 g/mol.